The first-order chi connectivity index (χ1) is 12.0. The lowest BCUT2D eigenvalue weighted by Gasteiger charge is -2.12. The van der Waals surface area contributed by atoms with Gasteiger partial charge in [0.2, 0.25) is 5.91 Å². The molecule has 1 N–H and O–H groups in total. The van der Waals surface area contributed by atoms with E-state index in [-0.39, 0.29) is 23.6 Å². The van der Waals surface area contributed by atoms with Crippen LogP contribution in [0.4, 0.5) is 10.5 Å². The summed E-state index contributed by atoms with van der Waals surface area (Å²) in [5.41, 5.74) is 2.38. The van der Waals surface area contributed by atoms with Crippen molar-refractivity contribution < 1.29 is 14.4 Å². The Morgan fingerprint density at radius 1 is 1.08 bits per heavy atom. The van der Waals surface area contributed by atoms with E-state index in [0.29, 0.717) is 10.6 Å². The molecule has 5 nitrogen and oxygen atoms in total. The lowest BCUT2D eigenvalue weighted by molar-refractivity contribution is -0.123. The number of hydrogen-bond donors (Lipinski definition) is 1. The monoisotopic (exact) mass is 352 g/mol. The Morgan fingerprint density at radius 3 is 2.40 bits per heavy atom. The number of amides is 3. The van der Waals surface area contributed by atoms with Gasteiger partial charge in [-0.05, 0) is 41.1 Å². The highest BCUT2D eigenvalue weighted by Crippen LogP contribution is 2.33. The maximum absolute atomic E-state index is 12.5. The van der Waals surface area contributed by atoms with Gasteiger partial charge < -0.3 is 5.32 Å². The zero-order valence-corrected chi connectivity index (χ0v) is 14.4. The number of carbonyl (C=O) groups is 3. The molecule has 1 aliphatic rings. The number of anilines is 1. The second-order valence-corrected chi connectivity index (χ2v) is 6.55. The van der Waals surface area contributed by atoms with E-state index in [4.69, 9.17) is 0 Å². The summed E-state index contributed by atoms with van der Waals surface area (Å²) in [6, 6.07) is 16.5. The Hall–Kier alpha value is -2.86. The average Bonchev–Trinajstić information content (AvgIpc) is 2.85. The van der Waals surface area contributed by atoms with E-state index in [1.165, 1.54) is 11.8 Å². The van der Waals surface area contributed by atoms with E-state index >= 15 is 0 Å². The van der Waals surface area contributed by atoms with Gasteiger partial charge in [-0.1, -0.05) is 42.5 Å². The molecule has 25 heavy (non-hydrogen) atoms. The van der Waals surface area contributed by atoms with Crippen molar-refractivity contribution in [1.82, 2.24) is 4.90 Å². The molecule has 2 aromatic rings. The van der Waals surface area contributed by atoms with E-state index in [2.05, 4.69) is 5.32 Å². The molecular formula is C19H16N2O3S. The van der Waals surface area contributed by atoms with E-state index in [1.807, 2.05) is 30.3 Å². The number of hydrogen-bond acceptors (Lipinski definition) is 4. The summed E-state index contributed by atoms with van der Waals surface area (Å²) in [5, 5.41) is 2.41. The second-order valence-electron chi connectivity index (χ2n) is 5.56. The largest absolute Gasteiger partial charge is 0.326 e. The number of carbonyl (C=O) groups excluding carboxylic acids is 3. The summed E-state index contributed by atoms with van der Waals surface area (Å²) >= 11 is 0.940. The molecule has 0 saturated carbocycles. The van der Waals surface area contributed by atoms with Crippen LogP contribution < -0.4 is 5.32 Å². The third kappa shape index (κ3) is 4.16. The molecule has 3 amide bonds. The van der Waals surface area contributed by atoms with E-state index < -0.39 is 0 Å². The fourth-order valence-corrected chi connectivity index (χ4v) is 3.26. The minimum Gasteiger partial charge on any atom is -0.326 e. The fourth-order valence-electron chi connectivity index (χ4n) is 2.42. The molecule has 0 radical (unpaired) electrons. The predicted octanol–water partition coefficient (Wildman–Crippen LogP) is 3.88. The maximum atomic E-state index is 12.5. The van der Waals surface area contributed by atoms with E-state index in [9.17, 15) is 14.4 Å². The molecule has 0 atom stereocenters. The minimum atomic E-state index is -0.287. The Labute approximate surface area is 149 Å². The van der Waals surface area contributed by atoms with Crippen LogP contribution in [0.1, 0.15) is 18.1 Å². The van der Waals surface area contributed by atoms with Crippen molar-refractivity contribution in [3.05, 3.63) is 70.6 Å². The Balaban J connectivity index is 1.74. The molecule has 0 aliphatic carbocycles. The molecule has 0 spiro atoms. The number of thioether (sulfide) groups is 1. The van der Waals surface area contributed by atoms with Gasteiger partial charge in [0, 0.05) is 12.6 Å². The third-order valence-electron chi connectivity index (χ3n) is 3.59. The van der Waals surface area contributed by atoms with Crippen LogP contribution in [0.15, 0.2) is 59.5 Å². The highest BCUT2D eigenvalue weighted by Gasteiger charge is 2.34. The summed E-state index contributed by atoms with van der Waals surface area (Å²) in [5.74, 6) is -0.431. The third-order valence-corrected chi connectivity index (χ3v) is 4.49. The van der Waals surface area contributed by atoms with Crippen LogP contribution in [0, 0.1) is 0 Å². The smallest absolute Gasteiger partial charge is 0.293 e. The van der Waals surface area contributed by atoms with Crippen molar-refractivity contribution in [2.45, 2.75) is 13.5 Å². The van der Waals surface area contributed by atoms with E-state index in [1.54, 1.807) is 30.3 Å². The van der Waals surface area contributed by atoms with Crippen molar-refractivity contribution in [1.29, 1.82) is 0 Å². The van der Waals surface area contributed by atoms with Gasteiger partial charge in [-0.25, -0.2) is 0 Å². The Bertz CT molecular complexity index is 845. The Kier molecular flexibility index (Phi) is 5.00. The van der Waals surface area contributed by atoms with Crippen LogP contribution in [0.3, 0.4) is 0 Å². The molecule has 126 valence electrons. The summed E-state index contributed by atoms with van der Waals surface area (Å²) in [6.45, 7) is 1.71. The summed E-state index contributed by atoms with van der Waals surface area (Å²) in [4.78, 5) is 37.3. The number of benzene rings is 2. The second kappa shape index (κ2) is 7.36. The predicted molar refractivity (Wildman–Crippen MR) is 98.7 cm³/mol. The summed E-state index contributed by atoms with van der Waals surface area (Å²) in [6.07, 6.45) is 1.69. The molecule has 1 saturated heterocycles. The molecular weight excluding hydrogens is 336 g/mol. The molecule has 2 aromatic carbocycles. The van der Waals surface area contributed by atoms with Crippen LogP contribution in [0.25, 0.3) is 6.08 Å². The molecule has 1 aliphatic heterocycles. The number of nitrogens with zero attached hydrogens (tertiary/aromatic N) is 1. The summed E-state index contributed by atoms with van der Waals surface area (Å²) in [7, 11) is 0. The zero-order valence-electron chi connectivity index (χ0n) is 13.6. The number of imide groups is 1. The molecule has 6 heteroatoms. The van der Waals surface area contributed by atoms with Gasteiger partial charge in [-0.15, -0.1) is 0 Å². The molecule has 0 bridgehead atoms. The van der Waals surface area contributed by atoms with Gasteiger partial charge in [0.1, 0.15) is 0 Å². The van der Waals surface area contributed by atoms with Gasteiger partial charge in [-0.2, -0.15) is 0 Å². The molecule has 3 rings (SSSR count). The highest BCUT2D eigenvalue weighted by molar-refractivity contribution is 8.18. The molecule has 1 fully saturated rings. The normalized spacial score (nSPS) is 15.7. The van der Waals surface area contributed by atoms with Crippen molar-refractivity contribution in [3.63, 3.8) is 0 Å². The first-order valence-electron chi connectivity index (χ1n) is 7.70. The van der Waals surface area contributed by atoms with Crippen LogP contribution in [0.5, 0.6) is 0 Å². The van der Waals surface area contributed by atoms with E-state index in [0.717, 1.165) is 22.9 Å². The van der Waals surface area contributed by atoms with Crippen LogP contribution in [-0.2, 0) is 16.1 Å². The van der Waals surface area contributed by atoms with Gasteiger partial charge in [0.05, 0.1) is 11.4 Å². The minimum absolute atomic E-state index is 0.144. The quantitative estimate of drug-likeness (QED) is 0.848. The van der Waals surface area contributed by atoms with Crippen molar-refractivity contribution in [2.75, 3.05) is 5.32 Å². The standard InChI is InChI=1S/C19H16N2O3S/c1-13(22)20-16-9-7-14(8-10-16)11-17-18(23)21(19(24)25-17)12-15-5-3-2-4-6-15/h2-11H,12H2,1H3,(H,20,22)/b17-11-. The first kappa shape index (κ1) is 17.0. The van der Waals surface area contributed by atoms with Crippen LogP contribution in [-0.4, -0.2) is 22.0 Å². The molecule has 1 heterocycles. The summed E-state index contributed by atoms with van der Waals surface area (Å²) < 4.78 is 0. The average molecular weight is 352 g/mol. The zero-order chi connectivity index (χ0) is 17.8. The first-order valence-corrected chi connectivity index (χ1v) is 8.51. The number of nitrogens with one attached hydrogen (secondary N) is 1. The highest BCUT2D eigenvalue weighted by atomic mass is 32.2. The maximum Gasteiger partial charge on any atom is 0.293 e. The van der Waals surface area contributed by atoms with Crippen LogP contribution in [0.2, 0.25) is 0 Å². The number of rotatable bonds is 4. The molecule has 0 aromatic heterocycles. The van der Waals surface area contributed by atoms with Gasteiger partial charge in [0.25, 0.3) is 11.1 Å². The van der Waals surface area contributed by atoms with Gasteiger partial charge in [-0.3, -0.25) is 19.3 Å². The lowest BCUT2D eigenvalue weighted by Crippen LogP contribution is -2.27. The SMILES string of the molecule is CC(=O)Nc1ccc(/C=C2\SC(=O)N(Cc3ccccc3)C2=O)cc1. The van der Waals surface area contributed by atoms with Gasteiger partial charge >= 0.3 is 0 Å². The lowest BCUT2D eigenvalue weighted by atomic mass is 10.2. The fraction of sp³-hybridized carbons (Fsp3) is 0.105. The Morgan fingerprint density at radius 2 is 1.76 bits per heavy atom. The van der Waals surface area contributed by atoms with Crippen molar-refractivity contribution in [2.24, 2.45) is 0 Å². The van der Waals surface area contributed by atoms with Gasteiger partial charge in [0.15, 0.2) is 0 Å². The van der Waals surface area contributed by atoms with Crippen molar-refractivity contribution >= 4 is 40.6 Å². The topological polar surface area (TPSA) is 66.5 Å². The van der Waals surface area contributed by atoms with Crippen molar-refractivity contribution in [3.8, 4) is 0 Å². The van der Waals surface area contributed by atoms with Crippen LogP contribution >= 0.6 is 11.8 Å². The molecule has 0 unspecified atom stereocenters.